The molecule has 1 heterocycles. The van der Waals surface area contributed by atoms with Gasteiger partial charge in [0, 0.05) is 26.3 Å². The third-order valence-electron chi connectivity index (χ3n) is 4.68. The topological polar surface area (TPSA) is 49.9 Å². The molecule has 0 unspecified atom stereocenters. The van der Waals surface area contributed by atoms with Crippen molar-refractivity contribution in [3.05, 3.63) is 53.6 Å². The van der Waals surface area contributed by atoms with E-state index in [2.05, 4.69) is 30.0 Å². The van der Waals surface area contributed by atoms with Crippen molar-refractivity contribution < 1.29 is 13.2 Å². The van der Waals surface area contributed by atoms with E-state index in [4.69, 9.17) is 4.74 Å². The van der Waals surface area contributed by atoms with Gasteiger partial charge in [0.2, 0.25) is 10.0 Å². The average Bonchev–Trinajstić information content (AvgIpc) is 2.62. The Labute approximate surface area is 156 Å². The molecule has 140 valence electrons. The van der Waals surface area contributed by atoms with E-state index in [0.717, 1.165) is 25.9 Å². The molecule has 2 aromatic carbocycles. The molecule has 0 aromatic heterocycles. The van der Waals surface area contributed by atoms with Crippen LogP contribution in [0.2, 0.25) is 0 Å². The molecule has 0 radical (unpaired) electrons. The fraction of sp³-hybridized carbons (Fsp3) is 0.400. The Kier molecular flexibility index (Phi) is 5.53. The SMILES string of the molecule is Cc1ccc2c(c1)CCCN2CCOc1ccc(S(=O)(=O)N(C)C)cc1. The normalized spacial score (nSPS) is 14.4. The van der Waals surface area contributed by atoms with Gasteiger partial charge in [-0.3, -0.25) is 0 Å². The van der Waals surface area contributed by atoms with Crippen LogP contribution in [-0.4, -0.2) is 46.5 Å². The first-order valence-corrected chi connectivity index (χ1v) is 10.3. The van der Waals surface area contributed by atoms with Gasteiger partial charge in [0.1, 0.15) is 12.4 Å². The molecule has 0 N–H and O–H groups in total. The maximum Gasteiger partial charge on any atom is 0.242 e. The molecule has 2 aromatic rings. The number of nitrogens with zero attached hydrogens (tertiary/aromatic N) is 2. The Hall–Kier alpha value is -2.05. The number of rotatable bonds is 6. The Bertz CT molecular complexity index is 861. The minimum Gasteiger partial charge on any atom is -0.492 e. The van der Waals surface area contributed by atoms with Gasteiger partial charge in [-0.15, -0.1) is 0 Å². The zero-order valence-corrected chi connectivity index (χ0v) is 16.4. The largest absolute Gasteiger partial charge is 0.492 e. The lowest BCUT2D eigenvalue weighted by Crippen LogP contribution is -2.33. The van der Waals surface area contributed by atoms with E-state index in [-0.39, 0.29) is 4.90 Å². The predicted octanol–water partition coefficient (Wildman–Crippen LogP) is 3.08. The quantitative estimate of drug-likeness (QED) is 0.780. The lowest BCUT2D eigenvalue weighted by Gasteiger charge is -2.31. The molecule has 26 heavy (non-hydrogen) atoms. The van der Waals surface area contributed by atoms with Crippen molar-refractivity contribution in [2.75, 3.05) is 38.7 Å². The second kappa shape index (κ2) is 7.68. The summed E-state index contributed by atoms with van der Waals surface area (Å²) in [4.78, 5) is 2.64. The second-order valence-electron chi connectivity index (χ2n) is 6.83. The number of sulfonamides is 1. The van der Waals surface area contributed by atoms with Crippen LogP contribution in [0.25, 0.3) is 0 Å². The monoisotopic (exact) mass is 374 g/mol. The Morgan fingerprint density at radius 1 is 1.12 bits per heavy atom. The first-order valence-electron chi connectivity index (χ1n) is 8.88. The fourth-order valence-electron chi connectivity index (χ4n) is 3.23. The summed E-state index contributed by atoms with van der Waals surface area (Å²) in [7, 11) is -0.348. The summed E-state index contributed by atoms with van der Waals surface area (Å²) in [6.07, 6.45) is 2.30. The minimum atomic E-state index is -3.40. The molecule has 0 aliphatic carbocycles. The van der Waals surface area contributed by atoms with Gasteiger partial charge in [-0.1, -0.05) is 17.7 Å². The molecule has 0 amide bonds. The first-order chi connectivity index (χ1) is 12.4. The zero-order chi connectivity index (χ0) is 18.7. The van der Waals surface area contributed by atoms with Gasteiger partial charge < -0.3 is 9.64 Å². The van der Waals surface area contributed by atoms with Gasteiger partial charge in [0.05, 0.1) is 11.4 Å². The standard InChI is InChI=1S/C20H26N2O3S/c1-16-6-11-20-17(15-16)5-4-12-22(20)13-14-25-18-7-9-19(10-8-18)26(23,24)21(2)3/h6-11,15H,4-5,12-14H2,1-3H3. The van der Waals surface area contributed by atoms with Crippen LogP contribution in [0.1, 0.15) is 17.5 Å². The van der Waals surface area contributed by atoms with E-state index in [9.17, 15) is 8.42 Å². The van der Waals surface area contributed by atoms with Crippen molar-refractivity contribution in [2.24, 2.45) is 0 Å². The molecular formula is C20H26N2O3S. The third kappa shape index (κ3) is 4.02. The summed E-state index contributed by atoms with van der Waals surface area (Å²) in [5.41, 5.74) is 4.02. The molecule has 1 aliphatic heterocycles. The molecule has 0 bridgehead atoms. The summed E-state index contributed by atoms with van der Waals surface area (Å²) in [6.45, 7) is 4.54. The van der Waals surface area contributed by atoms with Gasteiger partial charge in [-0.25, -0.2) is 12.7 Å². The van der Waals surface area contributed by atoms with E-state index in [1.54, 1.807) is 24.3 Å². The predicted molar refractivity (Wildman–Crippen MR) is 105 cm³/mol. The van der Waals surface area contributed by atoms with Gasteiger partial charge in [-0.05, 0) is 55.7 Å². The Morgan fingerprint density at radius 3 is 2.54 bits per heavy atom. The number of fused-ring (bicyclic) bond motifs is 1. The van der Waals surface area contributed by atoms with E-state index in [1.807, 2.05) is 0 Å². The van der Waals surface area contributed by atoms with E-state index in [0.29, 0.717) is 12.4 Å². The minimum absolute atomic E-state index is 0.273. The van der Waals surface area contributed by atoms with Crippen LogP contribution in [0.3, 0.4) is 0 Å². The van der Waals surface area contributed by atoms with E-state index >= 15 is 0 Å². The maximum atomic E-state index is 12.1. The molecule has 0 atom stereocenters. The molecular weight excluding hydrogens is 348 g/mol. The van der Waals surface area contributed by atoms with Crippen molar-refractivity contribution in [3.8, 4) is 5.75 Å². The molecule has 3 rings (SSSR count). The molecule has 5 nitrogen and oxygen atoms in total. The number of ether oxygens (including phenoxy) is 1. The van der Waals surface area contributed by atoms with Crippen LogP contribution in [0.5, 0.6) is 5.75 Å². The average molecular weight is 375 g/mol. The van der Waals surface area contributed by atoms with Crippen LogP contribution in [0.4, 0.5) is 5.69 Å². The van der Waals surface area contributed by atoms with Gasteiger partial charge >= 0.3 is 0 Å². The first kappa shape index (κ1) is 18.7. The van der Waals surface area contributed by atoms with Gasteiger partial charge in [0.15, 0.2) is 0 Å². The second-order valence-corrected chi connectivity index (χ2v) is 8.98. The smallest absolute Gasteiger partial charge is 0.242 e. The van der Waals surface area contributed by atoms with Crippen LogP contribution in [0.15, 0.2) is 47.4 Å². The molecule has 0 saturated carbocycles. The van der Waals surface area contributed by atoms with Crippen LogP contribution < -0.4 is 9.64 Å². The number of hydrogen-bond acceptors (Lipinski definition) is 4. The third-order valence-corrected chi connectivity index (χ3v) is 6.51. The summed E-state index contributed by atoms with van der Waals surface area (Å²) >= 11 is 0. The Balaban J connectivity index is 1.60. The van der Waals surface area contributed by atoms with Crippen LogP contribution in [0, 0.1) is 6.92 Å². The highest BCUT2D eigenvalue weighted by Gasteiger charge is 2.18. The molecule has 1 aliphatic rings. The highest BCUT2D eigenvalue weighted by Crippen LogP contribution is 2.27. The van der Waals surface area contributed by atoms with Gasteiger partial charge in [-0.2, -0.15) is 0 Å². The summed E-state index contributed by atoms with van der Waals surface area (Å²) < 4.78 is 31.2. The van der Waals surface area contributed by atoms with Crippen molar-refractivity contribution >= 4 is 15.7 Å². The lowest BCUT2D eigenvalue weighted by molar-refractivity contribution is 0.322. The number of aryl methyl sites for hydroxylation is 2. The maximum absolute atomic E-state index is 12.1. The van der Waals surface area contributed by atoms with Gasteiger partial charge in [0.25, 0.3) is 0 Å². The molecule has 0 saturated heterocycles. The van der Waals surface area contributed by atoms with Crippen LogP contribution in [-0.2, 0) is 16.4 Å². The molecule has 0 fully saturated rings. The summed E-state index contributed by atoms with van der Waals surface area (Å²) in [5.74, 6) is 0.684. The summed E-state index contributed by atoms with van der Waals surface area (Å²) in [6, 6.07) is 13.2. The van der Waals surface area contributed by atoms with Crippen molar-refractivity contribution in [2.45, 2.75) is 24.7 Å². The number of anilines is 1. The highest BCUT2D eigenvalue weighted by atomic mass is 32.2. The molecule has 6 heteroatoms. The van der Waals surface area contributed by atoms with Crippen molar-refractivity contribution in [1.82, 2.24) is 4.31 Å². The highest BCUT2D eigenvalue weighted by molar-refractivity contribution is 7.89. The van der Waals surface area contributed by atoms with E-state index < -0.39 is 10.0 Å². The fourth-order valence-corrected chi connectivity index (χ4v) is 4.13. The lowest BCUT2D eigenvalue weighted by atomic mass is 10.00. The van der Waals surface area contributed by atoms with Crippen molar-refractivity contribution in [1.29, 1.82) is 0 Å². The number of benzene rings is 2. The van der Waals surface area contributed by atoms with E-state index in [1.165, 1.54) is 35.2 Å². The molecule has 0 spiro atoms. The van der Waals surface area contributed by atoms with Crippen molar-refractivity contribution in [3.63, 3.8) is 0 Å². The summed E-state index contributed by atoms with van der Waals surface area (Å²) in [5, 5.41) is 0. The van der Waals surface area contributed by atoms with Crippen LogP contribution >= 0.6 is 0 Å². The number of hydrogen-bond donors (Lipinski definition) is 0. The Morgan fingerprint density at radius 2 is 1.85 bits per heavy atom. The zero-order valence-electron chi connectivity index (χ0n) is 15.6.